The van der Waals surface area contributed by atoms with Gasteiger partial charge >= 0.3 is 5.97 Å². The summed E-state index contributed by atoms with van der Waals surface area (Å²) < 4.78 is 41.0. The van der Waals surface area contributed by atoms with E-state index in [9.17, 15) is 4.79 Å². The molecule has 0 heterocycles. The molecule has 4 rings (SSSR count). The van der Waals surface area contributed by atoms with Crippen molar-refractivity contribution in [3.8, 4) is 0 Å². The largest absolute Gasteiger partial charge is 0.462 e. The highest BCUT2D eigenvalue weighted by atomic mass is 19.1. The molecule has 0 amide bonds. The van der Waals surface area contributed by atoms with Crippen molar-refractivity contribution in [2.75, 3.05) is 7.11 Å². The van der Waals surface area contributed by atoms with Crippen molar-refractivity contribution in [2.45, 2.75) is 121 Å². The topological polar surface area (TPSA) is 35.5 Å². The van der Waals surface area contributed by atoms with Crippen LogP contribution >= 0.6 is 0 Å². The molecule has 3 nitrogen and oxygen atoms in total. The van der Waals surface area contributed by atoms with Gasteiger partial charge in [-0.25, -0.2) is 8.78 Å². The Balaban J connectivity index is 1.24. The van der Waals surface area contributed by atoms with Crippen molar-refractivity contribution in [1.29, 1.82) is 0 Å². The second-order valence-corrected chi connectivity index (χ2v) is 10.9. The molecule has 0 aliphatic heterocycles. The van der Waals surface area contributed by atoms with Crippen molar-refractivity contribution < 1.29 is 23.0 Å². The minimum atomic E-state index is -1.41. The van der Waals surface area contributed by atoms with Gasteiger partial charge in [-0.2, -0.15) is 0 Å². The molecule has 0 aromatic heterocycles. The van der Waals surface area contributed by atoms with Crippen LogP contribution in [0.4, 0.5) is 8.78 Å². The summed E-state index contributed by atoms with van der Waals surface area (Å²) in [5, 5.41) is 0. The van der Waals surface area contributed by atoms with Gasteiger partial charge in [-0.05, 0) is 87.9 Å². The van der Waals surface area contributed by atoms with Crippen molar-refractivity contribution in [1.82, 2.24) is 0 Å². The summed E-state index contributed by atoms with van der Waals surface area (Å²) in [6, 6.07) is 0. The van der Waals surface area contributed by atoms with Crippen LogP contribution in [-0.4, -0.2) is 37.6 Å². The van der Waals surface area contributed by atoms with E-state index < -0.39 is 24.2 Å². The number of ether oxygens (including phenoxy) is 2. The third kappa shape index (κ3) is 5.81. The third-order valence-corrected chi connectivity index (χ3v) is 9.14. The molecule has 2 unspecified atom stereocenters. The zero-order valence-corrected chi connectivity index (χ0v) is 19.3. The minimum absolute atomic E-state index is 0.0819. The molecule has 0 saturated heterocycles. The monoisotopic (exact) mass is 440 g/mol. The number of esters is 1. The van der Waals surface area contributed by atoms with Gasteiger partial charge in [-0.15, -0.1) is 0 Å². The zero-order chi connectivity index (χ0) is 21.8. The molecule has 0 N–H and O–H groups in total. The maximum Gasteiger partial charge on any atom is 0.315 e. The second-order valence-electron chi connectivity index (χ2n) is 10.9. The van der Waals surface area contributed by atoms with Gasteiger partial charge in [0.1, 0.15) is 24.4 Å². The van der Waals surface area contributed by atoms with Crippen molar-refractivity contribution >= 4 is 5.97 Å². The van der Waals surface area contributed by atoms with Crippen molar-refractivity contribution in [3.05, 3.63) is 0 Å². The lowest BCUT2D eigenvalue weighted by Gasteiger charge is -2.42. The van der Waals surface area contributed by atoms with Gasteiger partial charge in [-0.3, -0.25) is 4.79 Å². The Morgan fingerprint density at radius 3 is 1.68 bits per heavy atom. The summed E-state index contributed by atoms with van der Waals surface area (Å²) in [5.41, 5.74) is 0. The molecule has 0 bridgehead atoms. The SMILES string of the molecule is COC1CCC(OC(=O)C2C(F)CC(C3CCC(C4CCCCC4)CC3)CC2F)CC1. The molecular formula is C26H42F2O3. The Morgan fingerprint density at radius 1 is 0.645 bits per heavy atom. The molecule has 31 heavy (non-hydrogen) atoms. The number of alkyl halides is 2. The maximum atomic E-state index is 15.0. The average molecular weight is 441 g/mol. The Bertz CT molecular complexity index is 551. The summed E-state index contributed by atoms with van der Waals surface area (Å²) in [7, 11) is 1.69. The van der Waals surface area contributed by atoms with E-state index in [1.54, 1.807) is 7.11 Å². The molecule has 4 aliphatic rings. The second kappa shape index (κ2) is 10.9. The first-order valence-electron chi connectivity index (χ1n) is 13.1. The highest BCUT2D eigenvalue weighted by Crippen LogP contribution is 2.46. The third-order valence-electron chi connectivity index (χ3n) is 9.14. The summed E-state index contributed by atoms with van der Waals surface area (Å²) in [4.78, 5) is 12.6. The summed E-state index contributed by atoms with van der Waals surface area (Å²) in [6.45, 7) is 0. The Hall–Kier alpha value is -0.710. The van der Waals surface area contributed by atoms with Gasteiger partial charge in [0.2, 0.25) is 0 Å². The van der Waals surface area contributed by atoms with Gasteiger partial charge in [-0.1, -0.05) is 32.1 Å². The quantitative estimate of drug-likeness (QED) is 0.453. The fourth-order valence-electron chi connectivity index (χ4n) is 7.20. The van der Waals surface area contributed by atoms with Crippen LogP contribution in [0.1, 0.15) is 96.3 Å². The van der Waals surface area contributed by atoms with Gasteiger partial charge in [0, 0.05) is 7.11 Å². The number of carbonyl (C=O) groups excluding carboxylic acids is 1. The number of methoxy groups -OCH3 is 1. The van der Waals surface area contributed by atoms with Crippen LogP contribution in [0.2, 0.25) is 0 Å². The fourth-order valence-corrected chi connectivity index (χ4v) is 7.20. The Kier molecular flexibility index (Phi) is 8.27. The normalized spacial score (nSPS) is 42.8. The first-order valence-corrected chi connectivity index (χ1v) is 13.1. The highest BCUT2D eigenvalue weighted by Gasteiger charge is 2.47. The summed E-state index contributed by atoms with van der Waals surface area (Å²) in [6.07, 6.45) is 12.6. The number of hydrogen-bond acceptors (Lipinski definition) is 3. The smallest absolute Gasteiger partial charge is 0.315 e. The molecule has 0 aromatic rings. The molecule has 178 valence electrons. The first-order chi connectivity index (χ1) is 15.0. The van der Waals surface area contributed by atoms with E-state index in [2.05, 4.69) is 0 Å². The van der Waals surface area contributed by atoms with Gasteiger partial charge in [0.15, 0.2) is 0 Å². The number of halogens is 2. The number of rotatable bonds is 5. The van der Waals surface area contributed by atoms with E-state index in [-0.39, 0.29) is 18.1 Å². The highest BCUT2D eigenvalue weighted by molar-refractivity contribution is 5.74. The van der Waals surface area contributed by atoms with Crippen LogP contribution in [0, 0.1) is 29.6 Å². The molecule has 4 fully saturated rings. The van der Waals surface area contributed by atoms with Crippen LogP contribution in [0.3, 0.4) is 0 Å². The van der Waals surface area contributed by atoms with E-state index in [0.717, 1.165) is 50.4 Å². The first kappa shape index (κ1) is 23.4. The molecule has 0 aromatic carbocycles. The number of carbonyl (C=O) groups is 1. The lowest BCUT2D eigenvalue weighted by Crippen LogP contribution is -2.44. The van der Waals surface area contributed by atoms with E-state index in [1.807, 2.05) is 0 Å². The number of hydrogen-bond donors (Lipinski definition) is 0. The van der Waals surface area contributed by atoms with Gasteiger partial charge in [0.05, 0.1) is 6.10 Å². The molecule has 0 spiro atoms. The summed E-state index contributed by atoms with van der Waals surface area (Å²) >= 11 is 0. The van der Waals surface area contributed by atoms with Crippen LogP contribution in [0.25, 0.3) is 0 Å². The zero-order valence-electron chi connectivity index (χ0n) is 19.3. The molecule has 4 aliphatic carbocycles. The molecule has 4 saturated carbocycles. The molecule has 0 radical (unpaired) electrons. The van der Waals surface area contributed by atoms with Crippen LogP contribution < -0.4 is 0 Å². The van der Waals surface area contributed by atoms with Crippen molar-refractivity contribution in [2.24, 2.45) is 29.6 Å². The van der Waals surface area contributed by atoms with Gasteiger partial charge < -0.3 is 9.47 Å². The Morgan fingerprint density at radius 2 is 1.13 bits per heavy atom. The predicted molar refractivity (Wildman–Crippen MR) is 117 cm³/mol. The maximum absolute atomic E-state index is 15.0. The standard InChI is InChI=1S/C26H42F2O3/c1-30-21-11-13-22(14-12-21)31-26(29)25-23(27)15-20(16-24(25)28)19-9-7-18(8-10-19)17-5-3-2-4-6-17/h17-25H,2-16H2,1H3. The predicted octanol–water partition coefficient (Wildman–Crippen LogP) is 6.58. The lowest BCUT2D eigenvalue weighted by molar-refractivity contribution is -0.165. The minimum Gasteiger partial charge on any atom is -0.462 e. The van der Waals surface area contributed by atoms with E-state index >= 15 is 8.78 Å². The Labute approximate surface area is 187 Å². The summed E-state index contributed by atoms with van der Waals surface area (Å²) in [5.74, 6) is 0.354. The van der Waals surface area contributed by atoms with E-state index in [0.29, 0.717) is 18.8 Å². The van der Waals surface area contributed by atoms with Crippen LogP contribution in [0.15, 0.2) is 0 Å². The van der Waals surface area contributed by atoms with Crippen molar-refractivity contribution in [3.63, 3.8) is 0 Å². The van der Waals surface area contributed by atoms with Crippen LogP contribution in [-0.2, 0) is 14.3 Å². The lowest BCUT2D eigenvalue weighted by atomic mass is 9.65. The van der Waals surface area contributed by atoms with Gasteiger partial charge in [0.25, 0.3) is 0 Å². The molecular weight excluding hydrogens is 398 g/mol. The van der Waals surface area contributed by atoms with Crippen LogP contribution in [0.5, 0.6) is 0 Å². The average Bonchev–Trinajstić information content (AvgIpc) is 2.80. The fraction of sp³-hybridized carbons (Fsp3) is 0.962. The van der Waals surface area contributed by atoms with E-state index in [4.69, 9.17) is 9.47 Å². The van der Waals surface area contributed by atoms with E-state index in [1.165, 1.54) is 44.9 Å². The molecule has 5 heteroatoms. The molecule has 2 atom stereocenters.